The second-order valence-electron chi connectivity index (χ2n) is 2.54. The van der Waals surface area contributed by atoms with Crippen molar-refractivity contribution < 1.29 is 0 Å². The molecule has 13 heavy (non-hydrogen) atoms. The van der Waals surface area contributed by atoms with Crippen LogP contribution in [0.1, 0.15) is 12.6 Å². The molecule has 0 saturated heterocycles. The van der Waals surface area contributed by atoms with Crippen molar-refractivity contribution in [3.63, 3.8) is 0 Å². The van der Waals surface area contributed by atoms with Crippen molar-refractivity contribution in [3.8, 4) is 0 Å². The highest BCUT2D eigenvalue weighted by atomic mass is 14.9. The molecule has 0 aromatic carbocycles. The number of hydrogen-bond acceptors (Lipinski definition) is 4. The van der Waals surface area contributed by atoms with Crippen LogP contribution in [0.4, 0.5) is 0 Å². The molecule has 0 aliphatic carbocycles. The molecule has 4 heteroatoms. The number of nitrogens with zero attached hydrogens (tertiary/aromatic N) is 3. The van der Waals surface area contributed by atoms with Gasteiger partial charge >= 0.3 is 0 Å². The van der Waals surface area contributed by atoms with E-state index in [0.717, 1.165) is 24.5 Å². The monoisotopic (exact) mass is 178 g/mol. The first-order valence-electron chi connectivity index (χ1n) is 4.32. The van der Waals surface area contributed by atoms with E-state index in [0.29, 0.717) is 0 Å². The fraction of sp³-hybridized carbons (Fsp3) is 0.444. The summed E-state index contributed by atoms with van der Waals surface area (Å²) in [6, 6.07) is 0. The van der Waals surface area contributed by atoms with E-state index in [2.05, 4.69) is 20.3 Å². The lowest BCUT2D eigenvalue weighted by Crippen LogP contribution is -2.21. The molecule has 0 aliphatic rings. The Morgan fingerprint density at radius 3 is 2.92 bits per heavy atom. The third kappa shape index (κ3) is 2.91. The van der Waals surface area contributed by atoms with Crippen molar-refractivity contribution in [2.24, 2.45) is 4.99 Å². The molecule has 1 N–H and O–H groups in total. The SMILES string of the molecule is CCN=C(CNC)c1cnccn1. The van der Waals surface area contributed by atoms with Crippen molar-refractivity contribution in [1.82, 2.24) is 15.3 Å². The Morgan fingerprint density at radius 1 is 1.54 bits per heavy atom. The molecule has 0 radical (unpaired) electrons. The molecule has 1 heterocycles. The first-order chi connectivity index (χ1) is 6.38. The lowest BCUT2D eigenvalue weighted by Gasteiger charge is -2.03. The zero-order valence-electron chi connectivity index (χ0n) is 7.99. The number of aliphatic imine (C=N–C) groups is 1. The first-order valence-corrected chi connectivity index (χ1v) is 4.32. The predicted octanol–water partition coefficient (Wildman–Crippen LogP) is 0.505. The molecule has 0 unspecified atom stereocenters. The third-order valence-electron chi connectivity index (χ3n) is 1.55. The number of nitrogens with one attached hydrogen (secondary N) is 1. The van der Waals surface area contributed by atoms with Crippen LogP contribution in [0.25, 0.3) is 0 Å². The molecule has 0 fully saturated rings. The molecule has 70 valence electrons. The summed E-state index contributed by atoms with van der Waals surface area (Å²) in [5, 5.41) is 3.05. The van der Waals surface area contributed by atoms with Gasteiger partial charge in [-0.2, -0.15) is 0 Å². The number of hydrogen-bond donors (Lipinski definition) is 1. The van der Waals surface area contributed by atoms with E-state index in [9.17, 15) is 0 Å². The van der Waals surface area contributed by atoms with Gasteiger partial charge in [0, 0.05) is 25.5 Å². The highest BCUT2D eigenvalue weighted by molar-refractivity contribution is 6.00. The van der Waals surface area contributed by atoms with Crippen LogP contribution < -0.4 is 5.32 Å². The molecular weight excluding hydrogens is 164 g/mol. The summed E-state index contributed by atoms with van der Waals surface area (Å²) in [6.45, 7) is 3.51. The number of rotatable bonds is 4. The van der Waals surface area contributed by atoms with Crippen LogP contribution >= 0.6 is 0 Å². The quantitative estimate of drug-likeness (QED) is 0.683. The molecule has 0 amide bonds. The average molecular weight is 178 g/mol. The molecule has 0 atom stereocenters. The Kier molecular flexibility index (Phi) is 4.05. The lowest BCUT2D eigenvalue weighted by atomic mass is 10.3. The van der Waals surface area contributed by atoms with Gasteiger partial charge in [0.15, 0.2) is 0 Å². The average Bonchev–Trinajstić information content (AvgIpc) is 2.19. The van der Waals surface area contributed by atoms with E-state index >= 15 is 0 Å². The van der Waals surface area contributed by atoms with Gasteiger partial charge in [0.05, 0.1) is 11.9 Å². The van der Waals surface area contributed by atoms with Crippen LogP contribution in [0.2, 0.25) is 0 Å². The molecule has 0 spiro atoms. The van der Waals surface area contributed by atoms with Crippen LogP contribution in [-0.2, 0) is 0 Å². The topological polar surface area (TPSA) is 50.2 Å². The molecule has 0 bridgehead atoms. The Hall–Kier alpha value is -1.29. The van der Waals surface area contributed by atoms with Gasteiger partial charge in [0.25, 0.3) is 0 Å². The Labute approximate surface area is 78.1 Å². The van der Waals surface area contributed by atoms with Gasteiger partial charge in [0.2, 0.25) is 0 Å². The zero-order valence-corrected chi connectivity index (χ0v) is 7.99. The minimum absolute atomic E-state index is 0.729. The van der Waals surface area contributed by atoms with E-state index in [4.69, 9.17) is 0 Å². The summed E-state index contributed by atoms with van der Waals surface area (Å²) in [5.41, 5.74) is 1.80. The van der Waals surface area contributed by atoms with Crippen molar-refractivity contribution in [1.29, 1.82) is 0 Å². The molecular formula is C9H14N4. The standard InChI is InChI=1S/C9H14N4/c1-3-12-8(6-10-2)9-7-11-4-5-13-9/h4-5,7,10H,3,6H2,1-2H3. The summed E-state index contributed by atoms with van der Waals surface area (Å²) in [6.07, 6.45) is 5.06. The molecule has 0 saturated carbocycles. The Bertz CT molecular complexity index is 268. The van der Waals surface area contributed by atoms with Gasteiger partial charge in [-0.3, -0.25) is 15.0 Å². The van der Waals surface area contributed by atoms with Crippen molar-refractivity contribution in [2.75, 3.05) is 20.1 Å². The number of likely N-dealkylation sites (N-methyl/N-ethyl adjacent to an activating group) is 1. The molecule has 4 nitrogen and oxygen atoms in total. The minimum atomic E-state index is 0.729. The van der Waals surface area contributed by atoms with Gasteiger partial charge in [-0.15, -0.1) is 0 Å². The maximum atomic E-state index is 4.34. The van der Waals surface area contributed by atoms with Crippen molar-refractivity contribution >= 4 is 5.71 Å². The highest BCUT2D eigenvalue weighted by Gasteiger charge is 2.01. The van der Waals surface area contributed by atoms with E-state index < -0.39 is 0 Å². The fourth-order valence-corrected chi connectivity index (χ4v) is 1.03. The number of aromatic nitrogens is 2. The summed E-state index contributed by atoms with van der Waals surface area (Å²) in [4.78, 5) is 12.5. The van der Waals surface area contributed by atoms with Crippen LogP contribution in [0.5, 0.6) is 0 Å². The van der Waals surface area contributed by atoms with Gasteiger partial charge in [0.1, 0.15) is 5.69 Å². The van der Waals surface area contributed by atoms with Crippen LogP contribution in [-0.4, -0.2) is 35.8 Å². The summed E-state index contributed by atoms with van der Waals surface area (Å²) < 4.78 is 0. The van der Waals surface area contributed by atoms with Gasteiger partial charge in [-0.25, -0.2) is 0 Å². The Balaban J connectivity index is 2.83. The van der Waals surface area contributed by atoms with E-state index in [1.165, 1.54) is 0 Å². The molecule has 1 aromatic heterocycles. The third-order valence-corrected chi connectivity index (χ3v) is 1.55. The second kappa shape index (κ2) is 5.37. The Morgan fingerprint density at radius 2 is 2.38 bits per heavy atom. The molecule has 0 aliphatic heterocycles. The van der Waals surface area contributed by atoms with Gasteiger partial charge in [-0.1, -0.05) is 0 Å². The van der Waals surface area contributed by atoms with Gasteiger partial charge in [-0.05, 0) is 14.0 Å². The predicted molar refractivity (Wildman–Crippen MR) is 53.0 cm³/mol. The van der Waals surface area contributed by atoms with E-state index in [1.807, 2.05) is 14.0 Å². The first kappa shape index (κ1) is 9.80. The summed E-state index contributed by atoms with van der Waals surface area (Å²) >= 11 is 0. The molecule has 1 aromatic rings. The fourth-order valence-electron chi connectivity index (χ4n) is 1.03. The second-order valence-corrected chi connectivity index (χ2v) is 2.54. The molecule has 1 rings (SSSR count). The lowest BCUT2D eigenvalue weighted by molar-refractivity contribution is 0.931. The smallest absolute Gasteiger partial charge is 0.104 e. The van der Waals surface area contributed by atoms with E-state index in [-0.39, 0.29) is 0 Å². The van der Waals surface area contributed by atoms with Crippen LogP contribution in [0.3, 0.4) is 0 Å². The van der Waals surface area contributed by atoms with Crippen LogP contribution in [0.15, 0.2) is 23.6 Å². The largest absolute Gasteiger partial charge is 0.314 e. The van der Waals surface area contributed by atoms with Crippen LogP contribution in [0, 0.1) is 0 Å². The summed E-state index contributed by atoms with van der Waals surface area (Å²) in [7, 11) is 1.89. The normalized spacial score (nSPS) is 11.7. The highest BCUT2D eigenvalue weighted by Crippen LogP contribution is 1.93. The summed E-state index contributed by atoms with van der Waals surface area (Å²) in [5.74, 6) is 0. The maximum Gasteiger partial charge on any atom is 0.104 e. The van der Waals surface area contributed by atoms with Gasteiger partial charge < -0.3 is 5.32 Å². The maximum absolute atomic E-state index is 4.34. The van der Waals surface area contributed by atoms with Crippen molar-refractivity contribution in [3.05, 3.63) is 24.3 Å². The minimum Gasteiger partial charge on any atom is -0.314 e. The van der Waals surface area contributed by atoms with Crippen molar-refractivity contribution in [2.45, 2.75) is 6.92 Å². The van der Waals surface area contributed by atoms with E-state index in [1.54, 1.807) is 18.6 Å². The zero-order chi connectivity index (χ0) is 9.52.